The number of benzene rings is 1. The van der Waals surface area contributed by atoms with Crippen LogP contribution in [0.25, 0.3) is 10.2 Å². The highest BCUT2D eigenvalue weighted by Gasteiger charge is 2.07. The normalized spacial score (nSPS) is 10.6. The molecular weight excluding hydrogens is 264 g/mol. The number of carboxylic acids is 1. The third-order valence-corrected chi connectivity index (χ3v) is 3.58. The van der Waals surface area contributed by atoms with Crippen molar-refractivity contribution in [3.05, 3.63) is 23.8 Å². The Balaban J connectivity index is 2.18. The minimum absolute atomic E-state index is 0.0647. The Kier molecular flexibility index (Phi) is 4.11. The Morgan fingerprint density at radius 2 is 2.21 bits per heavy atom. The number of hydrogen-bond acceptors (Lipinski definition) is 4. The number of rotatable bonds is 5. The number of anilines is 1. The monoisotopic (exact) mass is 278 g/mol. The second-order valence-electron chi connectivity index (χ2n) is 4.12. The Hall–Kier alpha value is -1.95. The lowest BCUT2D eigenvalue weighted by atomic mass is 10.1. The number of aliphatic carboxylic acids is 1. The number of carbonyl (C=O) groups is 2. The number of aromatic nitrogens is 1. The molecular formula is C13H14N2O3S. The maximum absolute atomic E-state index is 11.3. The first kappa shape index (κ1) is 13.5. The van der Waals surface area contributed by atoms with Crippen LogP contribution < -0.4 is 5.32 Å². The maximum Gasteiger partial charge on any atom is 0.303 e. The molecule has 0 aliphatic rings. The number of carbonyl (C=O) groups excluding carboxylic acids is 1. The fraction of sp³-hybridized carbons (Fsp3) is 0.308. The highest BCUT2D eigenvalue weighted by Crippen LogP contribution is 2.27. The zero-order chi connectivity index (χ0) is 13.8. The minimum Gasteiger partial charge on any atom is -0.481 e. The van der Waals surface area contributed by atoms with Gasteiger partial charge in [-0.25, -0.2) is 4.98 Å². The van der Waals surface area contributed by atoms with Crippen molar-refractivity contribution in [2.24, 2.45) is 0 Å². The fourth-order valence-corrected chi connectivity index (χ4v) is 2.58. The quantitative estimate of drug-likeness (QED) is 0.881. The largest absolute Gasteiger partial charge is 0.481 e. The van der Waals surface area contributed by atoms with E-state index in [0.29, 0.717) is 18.0 Å². The molecule has 5 nitrogen and oxygen atoms in total. The predicted molar refractivity (Wildman–Crippen MR) is 74.5 cm³/mol. The number of thiazole rings is 1. The Morgan fingerprint density at radius 3 is 2.89 bits per heavy atom. The lowest BCUT2D eigenvalue weighted by Gasteiger charge is -1.97. The molecule has 1 amide bonds. The van der Waals surface area contributed by atoms with E-state index < -0.39 is 5.97 Å². The van der Waals surface area contributed by atoms with E-state index in [9.17, 15) is 9.59 Å². The smallest absolute Gasteiger partial charge is 0.303 e. The summed E-state index contributed by atoms with van der Waals surface area (Å²) >= 11 is 1.40. The van der Waals surface area contributed by atoms with Gasteiger partial charge in [-0.15, -0.1) is 0 Å². The van der Waals surface area contributed by atoms with Crippen molar-refractivity contribution < 1.29 is 14.7 Å². The van der Waals surface area contributed by atoms with Gasteiger partial charge in [0.15, 0.2) is 5.13 Å². The SMILES string of the molecule is CCC(=O)Nc1nc2ccc(CCC(=O)O)cc2s1. The highest BCUT2D eigenvalue weighted by molar-refractivity contribution is 7.22. The molecule has 1 aromatic heterocycles. The van der Waals surface area contributed by atoms with Gasteiger partial charge < -0.3 is 10.4 Å². The predicted octanol–water partition coefficient (Wildman–Crippen LogP) is 2.66. The first-order valence-electron chi connectivity index (χ1n) is 5.99. The summed E-state index contributed by atoms with van der Waals surface area (Å²) < 4.78 is 0.953. The number of hydrogen-bond donors (Lipinski definition) is 2. The molecule has 2 N–H and O–H groups in total. The van der Waals surface area contributed by atoms with Crippen LogP contribution in [0.2, 0.25) is 0 Å². The minimum atomic E-state index is -0.805. The van der Waals surface area contributed by atoms with Crippen LogP contribution in [-0.2, 0) is 16.0 Å². The van der Waals surface area contributed by atoms with Gasteiger partial charge in [0.1, 0.15) is 0 Å². The molecule has 2 rings (SSSR count). The number of nitrogens with one attached hydrogen (secondary N) is 1. The third-order valence-electron chi connectivity index (χ3n) is 2.65. The van der Waals surface area contributed by atoms with Crippen LogP contribution in [0.5, 0.6) is 0 Å². The van der Waals surface area contributed by atoms with Crippen LogP contribution in [-0.4, -0.2) is 22.0 Å². The van der Waals surface area contributed by atoms with Gasteiger partial charge in [-0.1, -0.05) is 24.3 Å². The first-order chi connectivity index (χ1) is 9.08. The average molecular weight is 278 g/mol. The summed E-state index contributed by atoms with van der Waals surface area (Å²) in [7, 11) is 0. The van der Waals surface area contributed by atoms with Gasteiger partial charge >= 0.3 is 5.97 Å². The number of nitrogens with zero attached hydrogens (tertiary/aromatic N) is 1. The molecule has 0 fully saturated rings. The lowest BCUT2D eigenvalue weighted by Crippen LogP contribution is -2.08. The van der Waals surface area contributed by atoms with E-state index >= 15 is 0 Å². The van der Waals surface area contributed by atoms with Crippen LogP contribution >= 0.6 is 11.3 Å². The zero-order valence-corrected chi connectivity index (χ0v) is 11.3. The summed E-state index contributed by atoms with van der Waals surface area (Å²) in [5, 5.41) is 12.0. The molecule has 0 aliphatic carbocycles. The number of carboxylic acid groups (broad SMARTS) is 1. The standard InChI is InChI=1S/C13H14N2O3S/c1-2-11(16)15-13-14-9-5-3-8(4-6-12(17)18)7-10(9)19-13/h3,5,7H,2,4,6H2,1H3,(H,17,18)(H,14,15,16). The molecule has 0 saturated carbocycles. The van der Waals surface area contributed by atoms with Crippen molar-refractivity contribution in [1.29, 1.82) is 0 Å². The summed E-state index contributed by atoms with van der Waals surface area (Å²) in [6.07, 6.45) is 1.03. The zero-order valence-electron chi connectivity index (χ0n) is 10.5. The van der Waals surface area contributed by atoms with Crippen molar-refractivity contribution in [2.75, 3.05) is 5.32 Å². The van der Waals surface area contributed by atoms with Crippen molar-refractivity contribution in [3.63, 3.8) is 0 Å². The van der Waals surface area contributed by atoms with E-state index in [4.69, 9.17) is 5.11 Å². The van der Waals surface area contributed by atoms with Crippen LogP contribution in [0.4, 0.5) is 5.13 Å². The summed E-state index contributed by atoms with van der Waals surface area (Å²) in [4.78, 5) is 26.1. The molecule has 100 valence electrons. The molecule has 6 heteroatoms. The molecule has 0 bridgehead atoms. The van der Waals surface area contributed by atoms with E-state index in [1.165, 1.54) is 11.3 Å². The lowest BCUT2D eigenvalue weighted by molar-refractivity contribution is -0.137. The van der Waals surface area contributed by atoms with E-state index in [2.05, 4.69) is 10.3 Å². The number of fused-ring (bicyclic) bond motifs is 1. The Labute approximate surface area is 114 Å². The molecule has 0 atom stereocenters. The van der Waals surface area contributed by atoms with Crippen LogP contribution in [0.1, 0.15) is 25.3 Å². The molecule has 0 aliphatic heterocycles. The molecule has 1 heterocycles. The van der Waals surface area contributed by atoms with Gasteiger partial charge in [0.2, 0.25) is 5.91 Å². The summed E-state index contributed by atoms with van der Waals surface area (Å²) in [5.41, 5.74) is 1.78. The van der Waals surface area contributed by atoms with Crippen molar-refractivity contribution >= 4 is 38.6 Å². The first-order valence-corrected chi connectivity index (χ1v) is 6.81. The van der Waals surface area contributed by atoms with E-state index in [-0.39, 0.29) is 12.3 Å². The van der Waals surface area contributed by atoms with Crippen molar-refractivity contribution in [3.8, 4) is 0 Å². The fourth-order valence-electron chi connectivity index (χ4n) is 1.64. The molecule has 2 aromatic rings. The molecule has 0 unspecified atom stereocenters. The Morgan fingerprint density at radius 1 is 1.42 bits per heavy atom. The number of amides is 1. The van der Waals surface area contributed by atoms with Gasteiger partial charge in [0, 0.05) is 12.8 Å². The topological polar surface area (TPSA) is 79.3 Å². The van der Waals surface area contributed by atoms with Gasteiger partial charge in [-0.05, 0) is 24.1 Å². The Bertz CT molecular complexity index is 621. The van der Waals surface area contributed by atoms with Gasteiger partial charge in [-0.3, -0.25) is 9.59 Å². The molecule has 0 saturated heterocycles. The van der Waals surface area contributed by atoms with Gasteiger partial charge in [0.05, 0.1) is 10.2 Å². The van der Waals surface area contributed by atoms with Crippen molar-refractivity contribution in [2.45, 2.75) is 26.2 Å². The van der Waals surface area contributed by atoms with E-state index in [0.717, 1.165) is 15.8 Å². The average Bonchev–Trinajstić information content (AvgIpc) is 2.77. The molecule has 1 aromatic carbocycles. The summed E-state index contributed by atoms with van der Waals surface area (Å²) in [6.45, 7) is 1.78. The second-order valence-corrected chi connectivity index (χ2v) is 5.15. The summed E-state index contributed by atoms with van der Waals surface area (Å²) in [5.74, 6) is -0.870. The van der Waals surface area contributed by atoms with E-state index in [1.807, 2.05) is 18.2 Å². The van der Waals surface area contributed by atoms with E-state index in [1.54, 1.807) is 6.92 Å². The van der Waals surface area contributed by atoms with Crippen LogP contribution in [0.3, 0.4) is 0 Å². The van der Waals surface area contributed by atoms with Gasteiger partial charge in [0.25, 0.3) is 0 Å². The molecule has 0 spiro atoms. The highest BCUT2D eigenvalue weighted by atomic mass is 32.1. The van der Waals surface area contributed by atoms with Crippen LogP contribution in [0.15, 0.2) is 18.2 Å². The van der Waals surface area contributed by atoms with Crippen molar-refractivity contribution in [1.82, 2.24) is 4.98 Å². The molecule has 19 heavy (non-hydrogen) atoms. The van der Waals surface area contributed by atoms with Gasteiger partial charge in [-0.2, -0.15) is 0 Å². The third kappa shape index (κ3) is 3.51. The maximum atomic E-state index is 11.3. The second kappa shape index (κ2) is 5.79. The molecule has 0 radical (unpaired) electrons. The summed E-state index contributed by atoms with van der Waals surface area (Å²) in [6, 6.07) is 5.65. The van der Waals surface area contributed by atoms with Crippen LogP contribution in [0, 0.1) is 0 Å². The number of aryl methyl sites for hydroxylation is 1.